The Bertz CT molecular complexity index is 132. The summed E-state index contributed by atoms with van der Waals surface area (Å²) in [6.07, 6.45) is 7.27. The van der Waals surface area contributed by atoms with Crippen LogP contribution in [0.3, 0.4) is 0 Å². The molecule has 0 bridgehead atoms. The van der Waals surface area contributed by atoms with E-state index in [1.54, 1.807) is 0 Å². The normalized spacial score (nSPS) is 18.5. The van der Waals surface area contributed by atoms with Gasteiger partial charge in [-0.2, -0.15) is 0 Å². The Labute approximate surface area is 71.3 Å². The highest BCUT2D eigenvalue weighted by Gasteiger charge is 2.36. The number of allylic oxidation sites excluding steroid dienone is 1. The van der Waals surface area contributed by atoms with E-state index in [0.717, 1.165) is 6.04 Å². The Kier molecular flexibility index (Phi) is 3.81. The van der Waals surface area contributed by atoms with Crippen molar-refractivity contribution in [2.24, 2.45) is 0 Å². The topological polar surface area (TPSA) is 0 Å². The molecule has 1 heteroatoms. The third-order valence-electron chi connectivity index (χ3n) is 2.35. The summed E-state index contributed by atoms with van der Waals surface area (Å²) < 4.78 is 1.18. The van der Waals surface area contributed by atoms with Gasteiger partial charge in [-0.3, -0.25) is 0 Å². The molecule has 66 valence electrons. The third-order valence-corrected chi connectivity index (χ3v) is 2.35. The van der Waals surface area contributed by atoms with Crippen LogP contribution in [0.1, 0.15) is 27.2 Å². The molecule has 0 aromatic rings. The predicted octanol–water partition coefficient (Wildman–Crippen LogP) is 2.44. The number of quaternary nitrogens is 1. The van der Waals surface area contributed by atoms with Crippen LogP contribution in [0.15, 0.2) is 12.2 Å². The predicted molar refractivity (Wildman–Crippen MR) is 51.5 cm³/mol. The molecule has 0 atom stereocenters. The minimum Gasteiger partial charge on any atom is -0.323 e. The highest BCUT2D eigenvalue weighted by molar-refractivity contribution is 4.80. The lowest BCUT2D eigenvalue weighted by atomic mass is 10.4. The first-order valence-corrected chi connectivity index (χ1v) is 4.10. The van der Waals surface area contributed by atoms with Gasteiger partial charge >= 0.3 is 0 Å². The van der Waals surface area contributed by atoms with Gasteiger partial charge in [0.15, 0.2) is 0 Å². The first kappa shape index (κ1) is 10.7. The molecule has 1 rings (SSSR count). The molecule has 0 aromatic heterocycles. The van der Waals surface area contributed by atoms with Gasteiger partial charge in [0.05, 0.1) is 26.7 Å². The number of likely N-dealkylation sites (N-methyl/N-ethyl adjacent to an activating group) is 1. The van der Waals surface area contributed by atoms with E-state index in [9.17, 15) is 0 Å². The summed E-state index contributed by atoms with van der Waals surface area (Å²) in [5.74, 6) is 0. The summed E-state index contributed by atoms with van der Waals surface area (Å²) in [5, 5.41) is 0. The van der Waals surface area contributed by atoms with Crippen LogP contribution in [-0.2, 0) is 0 Å². The molecule has 0 radical (unpaired) electrons. The minimum atomic E-state index is 0. The summed E-state index contributed by atoms with van der Waals surface area (Å²) in [4.78, 5) is 0. The zero-order valence-electron chi connectivity index (χ0n) is 7.30. The largest absolute Gasteiger partial charge is 0.323 e. The molecule has 0 saturated heterocycles. The summed E-state index contributed by atoms with van der Waals surface area (Å²) in [6, 6.07) is 0.955. The van der Waals surface area contributed by atoms with Crippen LogP contribution in [0.4, 0.5) is 0 Å². The fourth-order valence-corrected chi connectivity index (χ4v) is 1.30. The molecule has 0 unspecified atom stereocenters. The Hall–Kier alpha value is -0.300. The molecule has 11 heavy (non-hydrogen) atoms. The molecule has 0 aliphatic heterocycles. The molecular weight excluding hydrogens is 134 g/mol. The van der Waals surface area contributed by atoms with Gasteiger partial charge in [0.2, 0.25) is 0 Å². The second kappa shape index (κ2) is 3.91. The SMILES string of the molecule is C.C/C=C\C[N+](C)(C)C1CC1. The van der Waals surface area contributed by atoms with Gasteiger partial charge in [0.1, 0.15) is 0 Å². The van der Waals surface area contributed by atoms with Crippen LogP contribution in [-0.4, -0.2) is 31.2 Å². The van der Waals surface area contributed by atoms with Gasteiger partial charge in [-0.05, 0) is 13.0 Å². The molecule has 1 nitrogen and oxygen atoms in total. The second-order valence-electron chi connectivity index (χ2n) is 3.76. The Morgan fingerprint density at radius 1 is 1.36 bits per heavy atom. The van der Waals surface area contributed by atoms with E-state index in [1.807, 2.05) is 0 Å². The second-order valence-corrected chi connectivity index (χ2v) is 3.76. The van der Waals surface area contributed by atoms with Crippen molar-refractivity contribution in [2.45, 2.75) is 33.2 Å². The summed E-state index contributed by atoms with van der Waals surface area (Å²) in [7, 11) is 4.63. The van der Waals surface area contributed by atoms with Gasteiger partial charge in [-0.15, -0.1) is 0 Å². The maximum absolute atomic E-state index is 2.32. The van der Waals surface area contributed by atoms with Crippen LogP contribution in [0.5, 0.6) is 0 Å². The van der Waals surface area contributed by atoms with Crippen LogP contribution >= 0.6 is 0 Å². The standard InChI is InChI=1S/C9H18N.CH4/c1-4-5-8-10(2,3)9-6-7-9;/h4-5,9H,6-8H2,1-3H3;1H4/q+1;/b5-4-;. The van der Waals surface area contributed by atoms with Gasteiger partial charge in [-0.25, -0.2) is 0 Å². The molecule has 1 fully saturated rings. The third kappa shape index (κ3) is 3.06. The van der Waals surface area contributed by atoms with Gasteiger partial charge < -0.3 is 4.48 Å². The Balaban J connectivity index is 0.000001000. The maximum atomic E-state index is 2.32. The monoisotopic (exact) mass is 156 g/mol. The van der Waals surface area contributed by atoms with Crippen molar-refractivity contribution in [1.29, 1.82) is 0 Å². The molecule has 0 N–H and O–H groups in total. The Morgan fingerprint density at radius 3 is 2.27 bits per heavy atom. The van der Waals surface area contributed by atoms with E-state index in [4.69, 9.17) is 0 Å². The van der Waals surface area contributed by atoms with Crippen LogP contribution in [0.2, 0.25) is 0 Å². The number of hydrogen-bond donors (Lipinski definition) is 0. The lowest BCUT2D eigenvalue weighted by Crippen LogP contribution is -2.41. The lowest BCUT2D eigenvalue weighted by Gasteiger charge is -2.28. The van der Waals surface area contributed by atoms with Crippen molar-refractivity contribution in [3.05, 3.63) is 12.2 Å². The van der Waals surface area contributed by atoms with Crippen molar-refractivity contribution < 1.29 is 4.48 Å². The molecular formula is C10H22N+. The number of rotatable bonds is 3. The Morgan fingerprint density at radius 2 is 1.91 bits per heavy atom. The molecule has 1 aliphatic rings. The van der Waals surface area contributed by atoms with Crippen molar-refractivity contribution in [3.8, 4) is 0 Å². The summed E-state index contributed by atoms with van der Waals surface area (Å²) in [6.45, 7) is 3.29. The maximum Gasteiger partial charge on any atom is 0.0971 e. The fraction of sp³-hybridized carbons (Fsp3) is 0.800. The average molecular weight is 156 g/mol. The van der Waals surface area contributed by atoms with Gasteiger partial charge in [-0.1, -0.05) is 13.5 Å². The quantitative estimate of drug-likeness (QED) is 0.435. The number of nitrogens with zero attached hydrogens (tertiary/aromatic N) is 1. The molecule has 0 amide bonds. The van der Waals surface area contributed by atoms with E-state index < -0.39 is 0 Å². The van der Waals surface area contributed by atoms with E-state index in [0.29, 0.717) is 0 Å². The van der Waals surface area contributed by atoms with Crippen molar-refractivity contribution in [3.63, 3.8) is 0 Å². The zero-order chi connectivity index (χ0) is 7.61. The summed E-state index contributed by atoms with van der Waals surface area (Å²) >= 11 is 0. The van der Waals surface area contributed by atoms with Crippen molar-refractivity contribution >= 4 is 0 Å². The molecule has 0 aromatic carbocycles. The highest BCUT2D eigenvalue weighted by atomic mass is 15.3. The molecule has 0 heterocycles. The molecule has 0 spiro atoms. The minimum absolute atomic E-state index is 0. The van der Waals surface area contributed by atoms with Crippen LogP contribution in [0, 0.1) is 0 Å². The van der Waals surface area contributed by atoms with Crippen molar-refractivity contribution in [1.82, 2.24) is 0 Å². The van der Waals surface area contributed by atoms with Crippen LogP contribution in [0.25, 0.3) is 0 Å². The first-order chi connectivity index (χ1) is 4.67. The fourth-order valence-electron chi connectivity index (χ4n) is 1.30. The van der Waals surface area contributed by atoms with E-state index in [2.05, 4.69) is 33.2 Å². The van der Waals surface area contributed by atoms with E-state index in [-0.39, 0.29) is 7.43 Å². The first-order valence-electron chi connectivity index (χ1n) is 4.10. The molecule has 1 saturated carbocycles. The van der Waals surface area contributed by atoms with Gasteiger partial charge in [0, 0.05) is 12.8 Å². The van der Waals surface area contributed by atoms with Crippen LogP contribution < -0.4 is 0 Å². The lowest BCUT2D eigenvalue weighted by molar-refractivity contribution is -0.895. The summed E-state index contributed by atoms with van der Waals surface area (Å²) in [5.41, 5.74) is 0. The average Bonchev–Trinajstić information content (AvgIpc) is 2.64. The van der Waals surface area contributed by atoms with E-state index >= 15 is 0 Å². The number of hydrogen-bond acceptors (Lipinski definition) is 0. The van der Waals surface area contributed by atoms with Gasteiger partial charge in [0.25, 0.3) is 0 Å². The zero-order valence-corrected chi connectivity index (χ0v) is 7.30. The molecule has 1 aliphatic carbocycles. The van der Waals surface area contributed by atoms with Crippen molar-refractivity contribution in [2.75, 3.05) is 20.6 Å². The van der Waals surface area contributed by atoms with E-state index in [1.165, 1.54) is 23.9 Å². The highest BCUT2D eigenvalue weighted by Crippen LogP contribution is 2.30. The smallest absolute Gasteiger partial charge is 0.0971 e.